The van der Waals surface area contributed by atoms with E-state index in [0.29, 0.717) is 5.57 Å². The molecule has 0 spiro atoms. The summed E-state index contributed by atoms with van der Waals surface area (Å²) >= 11 is 0. The number of hydrogen-bond acceptors (Lipinski definition) is 1. The lowest BCUT2D eigenvalue weighted by Crippen LogP contribution is -2.42. The van der Waals surface area contributed by atoms with E-state index in [2.05, 4.69) is 32.9 Å². The Labute approximate surface area is 170 Å². The molecule has 0 rings (SSSR count). The van der Waals surface area contributed by atoms with Gasteiger partial charge in [0.15, 0.2) is 0 Å². The van der Waals surface area contributed by atoms with Crippen molar-refractivity contribution in [3.8, 4) is 0 Å². The Morgan fingerprint density at radius 3 is 1.59 bits per heavy atom. The average Bonchev–Trinajstić information content (AvgIpc) is 2.62. The van der Waals surface area contributed by atoms with Crippen molar-refractivity contribution in [2.45, 2.75) is 104 Å². The van der Waals surface area contributed by atoms with E-state index in [-0.39, 0.29) is 5.91 Å². The fourth-order valence-corrected chi connectivity index (χ4v) is 3.53. The van der Waals surface area contributed by atoms with E-state index < -0.39 is 0 Å². The summed E-state index contributed by atoms with van der Waals surface area (Å²) in [6.45, 7) is 10.8. The Morgan fingerprint density at radius 2 is 1.15 bits per heavy atom. The van der Waals surface area contributed by atoms with Gasteiger partial charge in [0.1, 0.15) is 0 Å². The predicted molar refractivity (Wildman–Crippen MR) is 120 cm³/mol. The summed E-state index contributed by atoms with van der Waals surface area (Å²) in [5, 5.41) is 2.92. The van der Waals surface area contributed by atoms with Crippen LogP contribution in [0.25, 0.3) is 0 Å². The van der Waals surface area contributed by atoms with Gasteiger partial charge in [0.05, 0.1) is 27.2 Å². The van der Waals surface area contributed by atoms with Crippen LogP contribution in [-0.2, 0) is 4.79 Å². The van der Waals surface area contributed by atoms with Crippen molar-refractivity contribution in [3.05, 3.63) is 12.2 Å². The molecule has 0 atom stereocenters. The highest BCUT2D eigenvalue weighted by Gasteiger charge is 2.14. The summed E-state index contributed by atoms with van der Waals surface area (Å²) in [6.07, 6.45) is 19.4. The molecule has 0 unspecified atom stereocenters. The summed E-state index contributed by atoms with van der Waals surface area (Å²) in [5.74, 6) is -0.0169. The molecule has 0 aromatic heterocycles. The molecule has 0 saturated heterocycles. The molecule has 0 saturated carbocycles. The molecular formula is C24H49N2O+. The van der Waals surface area contributed by atoms with E-state index in [1.807, 2.05) is 0 Å². The first kappa shape index (κ1) is 26.2. The van der Waals surface area contributed by atoms with Crippen molar-refractivity contribution < 1.29 is 9.28 Å². The number of carbonyl (C=O) groups excluding carboxylic acids is 1. The molecule has 0 heterocycles. The van der Waals surface area contributed by atoms with Crippen molar-refractivity contribution >= 4 is 5.91 Å². The molecule has 0 radical (unpaired) electrons. The lowest BCUT2D eigenvalue weighted by Gasteiger charge is -2.30. The van der Waals surface area contributed by atoms with Crippen LogP contribution in [0.1, 0.15) is 104 Å². The number of nitrogens with one attached hydrogen (secondary N) is 1. The van der Waals surface area contributed by atoms with Gasteiger partial charge >= 0.3 is 0 Å². The zero-order valence-corrected chi connectivity index (χ0v) is 19.1. The molecule has 0 bridgehead atoms. The SMILES string of the molecule is C=C(C)C(=O)NCCC[N+](C)(C)CCCCCCCCCCCCCCC. The molecule has 3 heteroatoms. The third-order valence-corrected chi connectivity index (χ3v) is 5.48. The maximum absolute atomic E-state index is 11.5. The zero-order chi connectivity index (χ0) is 20.4. The molecule has 0 aliphatic rings. The average molecular weight is 382 g/mol. The molecule has 27 heavy (non-hydrogen) atoms. The van der Waals surface area contributed by atoms with Gasteiger partial charge in [-0.25, -0.2) is 0 Å². The van der Waals surface area contributed by atoms with Gasteiger partial charge < -0.3 is 9.80 Å². The molecule has 1 amide bonds. The third-order valence-electron chi connectivity index (χ3n) is 5.48. The fourth-order valence-electron chi connectivity index (χ4n) is 3.53. The van der Waals surface area contributed by atoms with Gasteiger partial charge in [0.25, 0.3) is 0 Å². The molecule has 0 aliphatic heterocycles. The number of carbonyl (C=O) groups is 1. The Balaban J connectivity index is 3.40. The van der Waals surface area contributed by atoms with Crippen LogP contribution in [-0.4, -0.2) is 44.1 Å². The minimum absolute atomic E-state index is 0.0169. The van der Waals surface area contributed by atoms with Gasteiger partial charge in [0, 0.05) is 18.5 Å². The summed E-state index contributed by atoms with van der Waals surface area (Å²) in [5.41, 5.74) is 0.593. The molecular weight excluding hydrogens is 332 g/mol. The highest BCUT2D eigenvalue weighted by Crippen LogP contribution is 2.13. The summed E-state index contributed by atoms with van der Waals surface area (Å²) in [7, 11) is 4.61. The monoisotopic (exact) mass is 381 g/mol. The third kappa shape index (κ3) is 18.3. The number of quaternary nitrogens is 1. The summed E-state index contributed by atoms with van der Waals surface area (Å²) < 4.78 is 1.06. The molecule has 0 aromatic carbocycles. The zero-order valence-electron chi connectivity index (χ0n) is 19.1. The fraction of sp³-hybridized carbons (Fsp3) is 0.875. The van der Waals surface area contributed by atoms with Gasteiger partial charge in [-0.3, -0.25) is 4.79 Å². The quantitative estimate of drug-likeness (QED) is 0.160. The van der Waals surface area contributed by atoms with Crippen LogP contribution in [0.3, 0.4) is 0 Å². The van der Waals surface area contributed by atoms with Gasteiger partial charge in [-0.05, 0) is 19.8 Å². The highest BCUT2D eigenvalue weighted by atomic mass is 16.1. The van der Waals surface area contributed by atoms with Gasteiger partial charge in [-0.15, -0.1) is 0 Å². The number of rotatable bonds is 19. The standard InChI is InChI=1S/C24H48N2O/c1-6-7-8-9-10-11-12-13-14-15-16-17-18-21-26(4,5)22-19-20-25-24(27)23(2)3/h2,6-22H2,1,3-5H3/p+1. The first-order valence-electron chi connectivity index (χ1n) is 11.6. The molecule has 160 valence electrons. The first-order valence-corrected chi connectivity index (χ1v) is 11.6. The van der Waals surface area contributed by atoms with Crippen molar-refractivity contribution in [1.29, 1.82) is 0 Å². The van der Waals surface area contributed by atoms with Crippen molar-refractivity contribution in [3.63, 3.8) is 0 Å². The Bertz CT molecular complexity index is 377. The minimum atomic E-state index is -0.0169. The topological polar surface area (TPSA) is 29.1 Å². The first-order chi connectivity index (χ1) is 12.9. The second kappa shape index (κ2) is 17.3. The van der Waals surface area contributed by atoms with Crippen LogP contribution in [0, 0.1) is 0 Å². The smallest absolute Gasteiger partial charge is 0.246 e. The Morgan fingerprint density at radius 1 is 0.741 bits per heavy atom. The number of unbranched alkanes of at least 4 members (excludes halogenated alkanes) is 12. The van der Waals surface area contributed by atoms with Crippen molar-refractivity contribution in [1.82, 2.24) is 5.32 Å². The van der Waals surface area contributed by atoms with Crippen LogP contribution >= 0.6 is 0 Å². The van der Waals surface area contributed by atoms with E-state index >= 15 is 0 Å². The largest absolute Gasteiger partial charge is 0.352 e. The van der Waals surface area contributed by atoms with Crippen LogP contribution < -0.4 is 5.32 Å². The number of hydrogen-bond donors (Lipinski definition) is 1. The van der Waals surface area contributed by atoms with Crippen LogP contribution in [0.15, 0.2) is 12.2 Å². The van der Waals surface area contributed by atoms with Crippen molar-refractivity contribution in [2.24, 2.45) is 0 Å². The molecule has 1 N–H and O–H groups in total. The van der Waals surface area contributed by atoms with Crippen LogP contribution in [0.2, 0.25) is 0 Å². The lowest BCUT2D eigenvalue weighted by molar-refractivity contribution is -0.890. The molecule has 0 aromatic rings. The van der Waals surface area contributed by atoms with E-state index in [4.69, 9.17) is 0 Å². The van der Waals surface area contributed by atoms with Crippen LogP contribution in [0.5, 0.6) is 0 Å². The maximum Gasteiger partial charge on any atom is 0.246 e. The maximum atomic E-state index is 11.5. The second-order valence-corrected chi connectivity index (χ2v) is 9.02. The van der Waals surface area contributed by atoms with Gasteiger partial charge in [-0.1, -0.05) is 84.1 Å². The summed E-state index contributed by atoms with van der Waals surface area (Å²) in [6, 6.07) is 0. The van der Waals surface area contributed by atoms with E-state index in [0.717, 1.165) is 24.0 Å². The Hall–Kier alpha value is -0.830. The van der Waals surface area contributed by atoms with E-state index in [1.54, 1.807) is 6.92 Å². The molecule has 0 fully saturated rings. The van der Waals surface area contributed by atoms with Gasteiger partial charge in [0.2, 0.25) is 5.91 Å². The summed E-state index contributed by atoms with van der Waals surface area (Å²) in [4.78, 5) is 11.5. The molecule has 3 nitrogen and oxygen atoms in total. The normalized spacial score (nSPS) is 11.6. The lowest BCUT2D eigenvalue weighted by atomic mass is 10.0. The Kier molecular flexibility index (Phi) is 16.7. The highest BCUT2D eigenvalue weighted by molar-refractivity contribution is 5.91. The predicted octanol–water partition coefficient (Wildman–Crippen LogP) is 6.24. The van der Waals surface area contributed by atoms with Crippen molar-refractivity contribution in [2.75, 3.05) is 33.7 Å². The minimum Gasteiger partial charge on any atom is -0.352 e. The second-order valence-electron chi connectivity index (χ2n) is 9.02. The number of amides is 1. The number of nitrogens with zero attached hydrogens (tertiary/aromatic N) is 1. The molecule has 0 aliphatic carbocycles. The van der Waals surface area contributed by atoms with Crippen LogP contribution in [0.4, 0.5) is 0 Å². The van der Waals surface area contributed by atoms with Gasteiger partial charge in [-0.2, -0.15) is 0 Å². The van der Waals surface area contributed by atoms with E-state index in [1.165, 1.54) is 90.0 Å². The van der Waals surface area contributed by atoms with E-state index in [9.17, 15) is 4.79 Å².